The summed E-state index contributed by atoms with van der Waals surface area (Å²) in [5.41, 5.74) is 6.98. The average molecular weight is 274 g/mol. The SMILES string of the molecule is CCC(C)C(N)Cc1cccc(F)c1Br. The van der Waals surface area contributed by atoms with Gasteiger partial charge >= 0.3 is 0 Å². The molecule has 0 aromatic heterocycles. The van der Waals surface area contributed by atoms with Crippen molar-refractivity contribution < 1.29 is 4.39 Å². The Kier molecular flexibility index (Phi) is 4.74. The average Bonchev–Trinajstić information content (AvgIpc) is 2.23. The van der Waals surface area contributed by atoms with Gasteiger partial charge in [-0.15, -0.1) is 0 Å². The zero-order valence-corrected chi connectivity index (χ0v) is 10.7. The maximum absolute atomic E-state index is 13.2. The Hall–Kier alpha value is -0.410. The molecule has 3 heteroatoms. The molecule has 0 heterocycles. The van der Waals surface area contributed by atoms with Crippen molar-refractivity contribution in [3.8, 4) is 0 Å². The van der Waals surface area contributed by atoms with Gasteiger partial charge in [0.25, 0.3) is 0 Å². The third-order valence-corrected chi connectivity index (χ3v) is 3.75. The molecule has 0 bridgehead atoms. The van der Waals surface area contributed by atoms with Crippen molar-refractivity contribution in [3.63, 3.8) is 0 Å². The summed E-state index contributed by atoms with van der Waals surface area (Å²) in [6.45, 7) is 4.24. The van der Waals surface area contributed by atoms with Crippen molar-refractivity contribution in [2.45, 2.75) is 32.7 Å². The molecule has 0 radical (unpaired) electrons. The Bertz CT molecular complexity index is 327. The van der Waals surface area contributed by atoms with Gasteiger partial charge in [0.2, 0.25) is 0 Å². The van der Waals surface area contributed by atoms with Gasteiger partial charge in [0.1, 0.15) is 5.82 Å². The molecule has 0 saturated carbocycles. The van der Waals surface area contributed by atoms with Crippen LogP contribution in [0.2, 0.25) is 0 Å². The minimum Gasteiger partial charge on any atom is -0.327 e. The zero-order valence-electron chi connectivity index (χ0n) is 9.13. The van der Waals surface area contributed by atoms with Gasteiger partial charge < -0.3 is 5.73 Å². The van der Waals surface area contributed by atoms with Crippen LogP contribution in [0.1, 0.15) is 25.8 Å². The summed E-state index contributed by atoms with van der Waals surface area (Å²) in [5, 5.41) is 0. The van der Waals surface area contributed by atoms with Gasteiger partial charge in [0.15, 0.2) is 0 Å². The minimum absolute atomic E-state index is 0.0908. The normalized spacial score (nSPS) is 15.0. The fourth-order valence-corrected chi connectivity index (χ4v) is 1.89. The Morgan fingerprint density at radius 3 is 2.73 bits per heavy atom. The fraction of sp³-hybridized carbons (Fsp3) is 0.500. The van der Waals surface area contributed by atoms with Crippen LogP contribution in [0.15, 0.2) is 22.7 Å². The molecule has 0 fully saturated rings. The fourth-order valence-electron chi connectivity index (χ4n) is 1.46. The van der Waals surface area contributed by atoms with Crippen LogP contribution in [0, 0.1) is 11.7 Å². The number of nitrogens with two attached hydrogens (primary N) is 1. The lowest BCUT2D eigenvalue weighted by molar-refractivity contribution is 0.439. The number of rotatable bonds is 4. The van der Waals surface area contributed by atoms with Crippen LogP contribution >= 0.6 is 15.9 Å². The highest BCUT2D eigenvalue weighted by Gasteiger charge is 2.14. The van der Waals surface area contributed by atoms with Crippen LogP contribution in [-0.4, -0.2) is 6.04 Å². The van der Waals surface area contributed by atoms with Crippen molar-refractivity contribution in [1.29, 1.82) is 0 Å². The molecular weight excluding hydrogens is 257 g/mol. The maximum Gasteiger partial charge on any atom is 0.137 e. The Morgan fingerprint density at radius 2 is 2.13 bits per heavy atom. The van der Waals surface area contributed by atoms with Gasteiger partial charge in [-0.05, 0) is 39.9 Å². The summed E-state index contributed by atoms with van der Waals surface area (Å²) in [6.07, 6.45) is 1.77. The van der Waals surface area contributed by atoms with E-state index >= 15 is 0 Å². The van der Waals surface area contributed by atoms with E-state index in [-0.39, 0.29) is 11.9 Å². The Balaban J connectivity index is 2.76. The topological polar surface area (TPSA) is 26.0 Å². The summed E-state index contributed by atoms with van der Waals surface area (Å²) in [5.74, 6) is 0.240. The first-order valence-corrected chi connectivity index (χ1v) is 6.04. The quantitative estimate of drug-likeness (QED) is 0.893. The first-order valence-electron chi connectivity index (χ1n) is 5.24. The van der Waals surface area contributed by atoms with Gasteiger partial charge in [-0.1, -0.05) is 32.4 Å². The molecular formula is C12H17BrFN. The second kappa shape index (κ2) is 5.61. The monoisotopic (exact) mass is 273 g/mol. The molecule has 15 heavy (non-hydrogen) atoms. The van der Waals surface area contributed by atoms with E-state index in [0.29, 0.717) is 16.8 Å². The highest BCUT2D eigenvalue weighted by atomic mass is 79.9. The second-order valence-electron chi connectivity index (χ2n) is 3.97. The molecule has 84 valence electrons. The number of hydrogen-bond donors (Lipinski definition) is 1. The van der Waals surface area contributed by atoms with Gasteiger partial charge in [-0.25, -0.2) is 4.39 Å². The van der Waals surface area contributed by atoms with Crippen molar-refractivity contribution in [2.24, 2.45) is 11.7 Å². The second-order valence-corrected chi connectivity index (χ2v) is 4.76. The number of benzene rings is 1. The van der Waals surface area contributed by atoms with Crippen LogP contribution in [0.25, 0.3) is 0 Å². The van der Waals surface area contributed by atoms with E-state index in [1.807, 2.05) is 6.07 Å². The highest BCUT2D eigenvalue weighted by molar-refractivity contribution is 9.10. The summed E-state index contributed by atoms with van der Waals surface area (Å²) in [7, 11) is 0. The molecule has 2 atom stereocenters. The standard InChI is InChI=1S/C12H17BrFN/c1-3-8(2)11(15)7-9-5-4-6-10(14)12(9)13/h4-6,8,11H,3,7,15H2,1-2H3. The lowest BCUT2D eigenvalue weighted by Crippen LogP contribution is -2.30. The highest BCUT2D eigenvalue weighted by Crippen LogP contribution is 2.23. The molecule has 0 saturated heterocycles. The molecule has 0 amide bonds. The summed E-state index contributed by atoms with van der Waals surface area (Å²) < 4.78 is 13.8. The van der Waals surface area contributed by atoms with Crippen LogP contribution in [0.4, 0.5) is 4.39 Å². The Morgan fingerprint density at radius 1 is 1.47 bits per heavy atom. The number of hydrogen-bond acceptors (Lipinski definition) is 1. The summed E-state index contributed by atoms with van der Waals surface area (Å²) in [6, 6.07) is 5.17. The van der Waals surface area contributed by atoms with Crippen molar-refractivity contribution >= 4 is 15.9 Å². The van der Waals surface area contributed by atoms with E-state index in [0.717, 1.165) is 12.0 Å². The summed E-state index contributed by atoms with van der Waals surface area (Å²) in [4.78, 5) is 0. The van der Waals surface area contributed by atoms with Gasteiger partial charge in [0.05, 0.1) is 4.47 Å². The zero-order chi connectivity index (χ0) is 11.4. The summed E-state index contributed by atoms with van der Waals surface area (Å²) >= 11 is 3.25. The van der Waals surface area contributed by atoms with E-state index in [9.17, 15) is 4.39 Å². The van der Waals surface area contributed by atoms with Gasteiger partial charge in [-0.2, -0.15) is 0 Å². The maximum atomic E-state index is 13.2. The lowest BCUT2D eigenvalue weighted by atomic mass is 9.94. The van der Waals surface area contributed by atoms with Crippen molar-refractivity contribution in [1.82, 2.24) is 0 Å². The minimum atomic E-state index is -0.219. The van der Waals surface area contributed by atoms with E-state index < -0.39 is 0 Å². The molecule has 1 aromatic rings. The third kappa shape index (κ3) is 3.28. The molecule has 1 rings (SSSR count). The largest absolute Gasteiger partial charge is 0.327 e. The molecule has 1 aromatic carbocycles. The first-order chi connectivity index (χ1) is 7.06. The van der Waals surface area contributed by atoms with Crippen LogP contribution in [0.5, 0.6) is 0 Å². The third-order valence-electron chi connectivity index (χ3n) is 2.86. The van der Waals surface area contributed by atoms with Gasteiger partial charge in [0, 0.05) is 6.04 Å². The molecule has 0 aliphatic rings. The molecule has 1 nitrogen and oxygen atoms in total. The molecule has 2 unspecified atom stereocenters. The number of halogens is 2. The Labute approximate surface area is 99.0 Å². The molecule has 0 spiro atoms. The van der Waals surface area contributed by atoms with Crippen molar-refractivity contribution in [2.75, 3.05) is 0 Å². The van der Waals surface area contributed by atoms with Gasteiger partial charge in [-0.3, -0.25) is 0 Å². The van der Waals surface area contributed by atoms with Crippen LogP contribution in [0.3, 0.4) is 0 Å². The molecule has 0 aliphatic carbocycles. The van der Waals surface area contributed by atoms with E-state index in [1.165, 1.54) is 6.07 Å². The van der Waals surface area contributed by atoms with E-state index in [2.05, 4.69) is 29.8 Å². The van der Waals surface area contributed by atoms with Crippen molar-refractivity contribution in [3.05, 3.63) is 34.1 Å². The smallest absolute Gasteiger partial charge is 0.137 e. The predicted molar refractivity (Wildman–Crippen MR) is 65.2 cm³/mol. The lowest BCUT2D eigenvalue weighted by Gasteiger charge is -2.18. The van der Waals surface area contributed by atoms with E-state index in [1.54, 1.807) is 6.07 Å². The predicted octanol–water partition coefficient (Wildman–Crippen LogP) is 3.50. The molecule has 0 aliphatic heterocycles. The van der Waals surface area contributed by atoms with E-state index in [4.69, 9.17) is 5.73 Å². The first kappa shape index (κ1) is 12.7. The van der Waals surface area contributed by atoms with Crippen LogP contribution < -0.4 is 5.73 Å². The molecule has 2 N–H and O–H groups in total. The van der Waals surface area contributed by atoms with Crippen LogP contribution in [-0.2, 0) is 6.42 Å².